The smallest absolute Gasteiger partial charge is 0.438 e. The van der Waals surface area contributed by atoms with Crippen LogP contribution < -0.4 is 0 Å². The topological polar surface area (TPSA) is 0 Å². The van der Waals surface area contributed by atoms with Crippen LogP contribution in [0.3, 0.4) is 0 Å². The van der Waals surface area contributed by atoms with Gasteiger partial charge in [0.15, 0.2) is 0 Å². The molecular weight excluding hydrogens is 199 g/mol. The highest BCUT2D eigenvalue weighted by Crippen LogP contribution is 2.10. The monoisotopic (exact) mass is 203 g/mol. The Hall–Kier alpha value is -1.08. The summed E-state index contributed by atoms with van der Waals surface area (Å²) in [6, 6.07) is 5.87. The Balaban J connectivity index is 2.85. The molecule has 0 heterocycles. The fraction of sp³-hybridized carbons (Fsp3) is 0. The lowest BCUT2D eigenvalue weighted by atomic mass is 9.93. The Kier molecular flexibility index (Phi) is 2.89. The molecule has 0 unspecified atom stereocenters. The van der Waals surface area contributed by atoms with Crippen molar-refractivity contribution in [2.75, 3.05) is 0 Å². The van der Waals surface area contributed by atoms with E-state index >= 15 is 0 Å². The van der Waals surface area contributed by atoms with Gasteiger partial charge in [-0.2, -0.15) is 5.82 Å². The maximum Gasteiger partial charge on any atom is 0.558 e. The highest BCUT2D eigenvalue weighted by Gasteiger charge is 2.17. The van der Waals surface area contributed by atoms with Crippen molar-refractivity contribution in [3.63, 3.8) is 0 Å². The van der Waals surface area contributed by atoms with Gasteiger partial charge in [0.1, 0.15) is 0 Å². The average molecular weight is 203 g/mol. The molecule has 1 aromatic rings. The van der Waals surface area contributed by atoms with Crippen molar-refractivity contribution in [1.82, 2.24) is 0 Å². The molecule has 0 saturated carbocycles. The summed E-state index contributed by atoms with van der Waals surface area (Å²) in [7, 11) is 0. The van der Waals surface area contributed by atoms with E-state index in [2.05, 4.69) is 0 Å². The van der Waals surface area contributed by atoms with Crippen LogP contribution in [0.5, 0.6) is 0 Å². The van der Waals surface area contributed by atoms with E-state index in [9.17, 15) is 12.9 Å². The van der Waals surface area contributed by atoms with Crippen molar-refractivity contribution < 1.29 is 12.9 Å². The van der Waals surface area contributed by atoms with E-state index in [-0.39, 0.29) is 0 Å². The van der Waals surface area contributed by atoms with Gasteiger partial charge < -0.3 is 12.9 Å². The molecule has 0 aliphatic heterocycles. The van der Waals surface area contributed by atoms with Crippen LogP contribution in [0.1, 0.15) is 5.56 Å². The van der Waals surface area contributed by atoms with E-state index in [0.29, 0.717) is 10.6 Å². The van der Waals surface area contributed by atoms with Gasteiger partial charge in [0.25, 0.3) is 0 Å². The first-order chi connectivity index (χ1) is 5.97. The Morgan fingerprint density at radius 3 is 2.08 bits per heavy atom. The number of benzene rings is 1. The Labute approximate surface area is 78.8 Å². The highest BCUT2D eigenvalue weighted by molar-refractivity contribution is 6.67. The van der Waals surface area contributed by atoms with E-state index in [1.54, 1.807) is 0 Å². The van der Waals surface area contributed by atoms with Gasteiger partial charge in [0.05, 0.1) is 0 Å². The number of hydrogen-bond donors (Lipinski definition) is 0. The van der Waals surface area contributed by atoms with Crippen molar-refractivity contribution in [1.29, 1.82) is 0 Å². The first kappa shape index (κ1) is 10.0. The fourth-order valence-electron chi connectivity index (χ4n) is 0.698. The second-order valence-corrected chi connectivity index (χ2v) is 2.79. The second kappa shape index (κ2) is 3.76. The van der Waals surface area contributed by atoms with Gasteiger partial charge >= 0.3 is 6.98 Å². The third-order valence-corrected chi connectivity index (χ3v) is 1.48. The zero-order valence-electron chi connectivity index (χ0n) is 6.40. The van der Waals surface area contributed by atoms with E-state index in [1.807, 2.05) is 5.92 Å². The molecule has 1 rings (SSSR count). The SMILES string of the molecule is F[B-](F)(F)C#Cc1ccc(Cl)cc1. The van der Waals surface area contributed by atoms with Gasteiger partial charge in [0.2, 0.25) is 0 Å². The Morgan fingerprint density at radius 1 is 1.08 bits per heavy atom. The summed E-state index contributed by atoms with van der Waals surface area (Å²) >= 11 is 5.54. The summed E-state index contributed by atoms with van der Waals surface area (Å²) in [6.45, 7) is -5.03. The Morgan fingerprint density at radius 2 is 1.62 bits per heavy atom. The molecule has 0 saturated heterocycles. The molecule has 1 aromatic carbocycles. The summed E-state index contributed by atoms with van der Waals surface area (Å²) in [5.41, 5.74) is 0.309. The molecule has 0 aromatic heterocycles. The van der Waals surface area contributed by atoms with Crippen LogP contribution >= 0.6 is 11.6 Å². The quantitative estimate of drug-likeness (QED) is 0.449. The summed E-state index contributed by atoms with van der Waals surface area (Å²) in [4.78, 5) is 0. The van der Waals surface area contributed by atoms with Crippen molar-refractivity contribution >= 4 is 18.6 Å². The lowest BCUT2D eigenvalue weighted by molar-refractivity contribution is 0.504. The minimum absolute atomic E-state index is 0.309. The number of rotatable bonds is 0. The summed E-state index contributed by atoms with van der Waals surface area (Å²) < 4.78 is 35.1. The number of hydrogen-bond acceptors (Lipinski definition) is 0. The van der Waals surface area contributed by atoms with Crippen LogP contribution in [0.4, 0.5) is 12.9 Å². The third-order valence-electron chi connectivity index (χ3n) is 1.22. The second-order valence-electron chi connectivity index (χ2n) is 2.35. The fourth-order valence-corrected chi connectivity index (χ4v) is 0.824. The first-order valence-electron chi connectivity index (χ1n) is 3.45. The molecule has 68 valence electrons. The lowest BCUT2D eigenvalue weighted by Gasteiger charge is -2.02. The van der Waals surface area contributed by atoms with Gasteiger partial charge in [-0.3, -0.25) is 0 Å². The molecule has 0 bridgehead atoms. The third kappa shape index (κ3) is 3.91. The minimum Gasteiger partial charge on any atom is -0.438 e. The van der Waals surface area contributed by atoms with Crippen LogP contribution in [0.2, 0.25) is 5.02 Å². The molecule has 0 aliphatic rings. The van der Waals surface area contributed by atoms with Crippen LogP contribution in [-0.2, 0) is 0 Å². The van der Waals surface area contributed by atoms with E-state index in [0.717, 1.165) is 0 Å². The molecule has 0 fully saturated rings. The zero-order valence-corrected chi connectivity index (χ0v) is 7.15. The molecule has 0 amide bonds. The Bertz CT molecular complexity index is 344. The molecule has 13 heavy (non-hydrogen) atoms. The van der Waals surface area contributed by atoms with Crippen LogP contribution in [0, 0.1) is 11.7 Å². The largest absolute Gasteiger partial charge is 0.558 e. The normalized spacial score (nSPS) is 10.5. The van der Waals surface area contributed by atoms with Crippen LogP contribution in [-0.4, -0.2) is 6.98 Å². The molecule has 0 atom stereocenters. The summed E-state index contributed by atoms with van der Waals surface area (Å²) in [5, 5.41) is 0.475. The molecule has 0 nitrogen and oxygen atoms in total. The molecule has 0 N–H and O–H groups in total. The van der Waals surface area contributed by atoms with E-state index < -0.39 is 6.98 Å². The first-order valence-corrected chi connectivity index (χ1v) is 3.83. The predicted molar refractivity (Wildman–Crippen MR) is 47.4 cm³/mol. The lowest BCUT2D eigenvalue weighted by Crippen LogP contribution is -2.10. The molecule has 0 aliphatic carbocycles. The van der Waals surface area contributed by atoms with Crippen molar-refractivity contribution in [3.8, 4) is 11.7 Å². The van der Waals surface area contributed by atoms with Gasteiger partial charge in [0, 0.05) is 10.6 Å². The highest BCUT2D eigenvalue weighted by atomic mass is 35.5. The van der Waals surface area contributed by atoms with Gasteiger partial charge in [-0.1, -0.05) is 11.6 Å². The molecule has 5 heteroatoms. The van der Waals surface area contributed by atoms with Crippen molar-refractivity contribution in [2.45, 2.75) is 0 Å². The maximum absolute atomic E-state index is 11.7. The van der Waals surface area contributed by atoms with Gasteiger partial charge in [-0.25, -0.2) is 0 Å². The van der Waals surface area contributed by atoms with Crippen LogP contribution in [0.25, 0.3) is 0 Å². The molecule has 0 spiro atoms. The summed E-state index contributed by atoms with van der Waals surface area (Å²) in [5.74, 6) is 3.23. The standard InChI is InChI=1S/C8H4BClF3/c10-8-3-1-7(2-4-8)5-6-9(11,12)13/h1-4H/q-1. The number of halogens is 4. The van der Waals surface area contributed by atoms with E-state index in [4.69, 9.17) is 11.6 Å². The minimum atomic E-state index is -5.03. The van der Waals surface area contributed by atoms with Gasteiger partial charge in [-0.05, 0) is 24.3 Å². The van der Waals surface area contributed by atoms with E-state index in [1.165, 1.54) is 30.1 Å². The van der Waals surface area contributed by atoms with Crippen molar-refractivity contribution in [2.24, 2.45) is 0 Å². The average Bonchev–Trinajstić information content (AvgIpc) is 2.02. The maximum atomic E-state index is 11.7. The van der Waals surface area contributed by atoms with Crippen molar-refractivity contribution in [3.05, 3.63) is 34.9 Å². The van der Waals surface area contributed by atoms with Gasteiger partial charge in [-0.15, -0.1) is 5.92 Å². The molecule has 0 radical (unpaired) electrons. The summed E-state index contributed by atoms with van der Waals surface area (Å²) in [6.07, 6.45) is 0. The predicted octanol–water partition coefficient (Wildman–Crippen LogP) is 3.08. The molecular formula is C8H4BClF3-. The van der Waals surface area contributed by atoms with Crippen LogP contribution in [0.15, 0.2) is 24.3 Å². The zero-order chi connectivity index (χ0) is 9.90.